The van der Waals surface area contributed by atoms with Crippen molar-refractivity contribution in [3.05, 3.63) is 0 Å². The Labute approximate surface area is 562 Å². The van der Waals surface area contributed by atoms with E-state index >= 15 is 0 Å². The van der Waals surface area contributed by atoms with Crippen LogP contribution in [0.5, 0.6) is 0 Å². The lowest BCUT2D eigenvalue weighted by atomic mass is 9.99. The van der Waals surface area contributed by atoms with Gasteiger partial charge in [0.15, 0.2) is 12.2 Å². The number of aliphatic hydroxyl groups is 1. The number of phosphoric acid groups is 2. The number of hydrogen-bond acceptors (Lipinski definition) is 15. The van der Waals surface area contributed by atoms with Crippen LogP contribution in [0.2, 0.25) is 0 Å². The summed E-state index contributed by atoms with van der Waals surface area (Å²) < 4.78 is 68.4. The Kier molecular flexibility index (Phi) is 62.4. The fourth-order valence-electron chi connectivity index (χ4n) is 11.0. The summed E-state index contributed by atoms with van der Waals surface area (Å²) in [7, 11) is -9.90. The Morgan fingerprint density at radius 3 is 0.826 bits per heavy atom. The van der Waals surface area contributed by atoms with Crippen molar-refractivity contribution in [1.82, 2.24) is 0 Å². The summed E-state index contributed by atoms with van der Waals surface area (Å²) in [5, 5.41) is 10.6. The van der Waals surface area contributed by atoms with E-state index in [9.17, 15) is 43.2 Å². The molecule has 0 aromatic carbocycles. The van der Waals surface area contributed by atoms with E-state index in [-0.39, 0.29) is 25.7 Å². The molecule has 0 aliphatic heterocycles. The van der Waals surface area contributed by atoms with Gasteiger partial charge in [-0.2, -0.15) is 0 Å². The zero-order valence-corrected chi connectivity index (χ0v) is 61.8. The molecule has 92 heavy (non-hydrogen) atoms. The van der Waals surface area contributed by atoms with E-state index in [1.807, 2.05) is 0 Å². The van der Waals surface area contributed by atoms with E-state index in [0.717, 1.165) is 114 Å². The zero-order valence-electron chi connectivity index (χ0n) is 60.0. The second-order valence-corrected chi connectivity index (χ2v) is 30.4. The van der Waals surface area contributed by atoms with Crippen LogP contribution in [0.25, 0.3) is 0 Å². The number of carbonyl (C=O) groups is 4. The van der Waals surface area contributed by atoms with E-state index < -0.39 is 97.5 Å². The quantitative estimate of drug-likeness (QED) is 0.0222. The molecule has 0 amide bonds. The van der Waals surface area contributed by atoms with Crippen LogP contribution in [-0.2, 0) is 65.4 Å². The first-order chi connectivity index (χ1) is 44.3. The third-order valence-corrected chi connectivity index (χ3v) is 19.1. The third-order valence-electron chi connectivity index (χ3n) is 17.2. The van der Waals surface area contributed by atoms with Crippen molar-refractivity contribution >= 4 is 39.5 Å². The van der Waals surface area contributed by atoms with E-state index in [1.54, 1.807) is 0 Å². The minimum absolute atomic E-state index is 0.105. The lowest BCUT2D eigenvalue weighted by Gasteiger charge is -2.21. The summed E-state index contributed by atoms with van der Waals surface area (Å²) in [5.74, 6) is 0.223. The number of hydrogen-bond donors (Lipinski definition) is 3. The molecular weight excluding hydrogens is 1210 g/mol. The predicted molar refractivity (Wildman–Crippen MR) is 372 cm³/mol. The van der Waals surface area contributed by atoms with Crippen molar-refractivity contribution in [2.24, 2.45) is 17.8 Å². The molecule has 546 valence electrons. The van der Waals surface area contributed by atoms with Gasteiger partial charge in [-0.15, -0.1) is 0 Å². The SMILES string of the molecule is CCCCCCCCCCC(=O)OC[C@H](COP(=O)(O)OC[C@H](O)COP(=O)(O)OC[C@@H](COC(=O)CCCCCCCCCCCCCCCC(C)C)OC(=O)CCCCCCCCCCCCCCCC(C)C)OC(=O)CCCCCCCCCCC(C)CC. The monoisotopic (exact) mass is 1350 g/mol. The number of aliphatic hydroxyl groups excluding tert-OH is 1. The van der Waals surface area contributed by atoms with Crippen LogP contribution in [0.3, 0.4) is 0 Å². The molecule has 3 unspecified atom stereocenters. The minimum Gasteiger partial charge on any atom is -0.462 e. The largest absolute Gasteiger partial charge is 0.472 e. The highest BCUT2D eigenvalue weighted by Crippen LogP contribution is 2.45. The van der Waals surface area contributed by atoms with Crippen molar-refractivity contribution < 1.29 is 80.2 Å². The van der Waals surface area contributed by atoms with Crippen LogP contribution in [0.1, 0.15) is 370 Å². The fraction of sp³-hybridized carbons (Fsp3) is 0.945. The molecule has 0 aliphatic carbocycles. The maximum absolute atomic E-state index is 13.1. The molecule has 0 aromatic rings. The molecule has 0 bridgehead atoms. The maximum Gasteiger partial charge on any atom is 0.472 e. The molecule has 0 rings (SSSR count). The van der Waals surface area contributed by atoms with Crippen LogP contribution in [0.4, 0.5) is 0 Å². The Balaban J connectivity index is 5.23. The Hall–Kier alpha value is -1.94. The van der Waals surface area contributed by atoms with Crippen LogP contribution in [0.15, 0.2) is 0 Å². The van der Waals surface area contributed by atoms with Gasteiger partial charge in [0.2, 0.25) is 0 Å². The molecule has 0 heterocycles. The summed E-state index contributed by atoms with van der Waals surface area (Å²) in [6.45, 7) is 11.9. The van der Waals surface area contributed by atoms with Gasteiger partial charge in [-0.1, -0.05) is 318 Å². The summed E-state index contributed by atoms with van der Waals surface area (Å²) >= 11 is 0. The highest BCUT2D eigenvalue weighted by atomic mass is 31.2. The maximum atomic E-state index is 13.1. The summed E-state index contributed by atoms with van der Waals surface area (Å²) in [6, 6.07) is 0. The predicted octanol–water partition coefficient (Wildman–Crippen LogP) is 21.0. The summed E-state index contributed by atoms with van der Waals surface area (Å²) in [4.78, 5) is 72.6. The minimum atomic E-state index is -4.95. The summed E-state index contributed by atoms with van der Waals surface area (Å²) in [5.41, 5.74) is 0. The van der Waals surface area contributed by atoms with Gasteiger partial charge >= 0.3 is 39.5 Å². The van der Waals surface area contributed by atoms with Crippen molar-refractivity contribution in [2.75, 3.05) is 39.6 Å². The van der Waals surface area contributed by atoms with Crippen molar-refractivity contribution in [2.45, 2.75) is 388 Å². The first kappa shape index (κ1) is 90.1. The number of rotatable bonds is 71. The number of carbonyl (C=O) groups excluding carboxylic acids is 4. The van der Waals surface area contributed by atoms with Gasteiger partial charge in [0.05, 0.1) is 26.4 Å². The molecule has 0 radical (unpaired) electrons. The number of unbranched alkanes of at least 4 members (excludes halogenated alkanes) is 38. The van der Waals surface area contributed by atoms with E-state index in [0.29, 0.717) is 25.7 Å². The van der Waals surface area contributed by atoms with Crippen molar-refractivity contribution in [3.8, 4) is 0 Å². The molecule has 0 saturated heterocycles. The van der Waals surface area contributed by atoms with Crippen LogP contribution >= 0.6 is 15.6 Å². The van der Waals surface area contributed by atoms with Gasteiger partial charge < -0.3 is 33.8 Å². The molecule has 0 aromatic heterocycles. The fourth-order valence-corrected chi connectivity index (χ4v) is 12.6. The summed E-state index contributed by atoms with van der Waals surface area (Å²) in [6.07, 6.45) is 48.5. The first-order valence-corrected chi connectivity index (χ1v) is 40.9. The van der Waals surface area contributed by atoms with Gasteiger partial charge in [-0.05, 0) is 43.4 Å². The van der Waals surface area contributed by atoms with Crippen molar-refractivity contribution in [3.63, 3.8) is 0 Å². The second-order valence-electron chi connectivity index (χ2n) is 27.5. The number of esters is 4. The molecule has 0 aliphatic rings. The lowest BCUT2D eigenvalue weighted by molar-refractivity contribution is -0.161. The van der Waals surface area contributed by atoms with E-state index in [1.165, 1.54) is 173 Å². The van der Waals surface area contributed by atoms with Gasteiger partial charge in [-0.25, -0.2) is 9.13 Å². The molecule has 19 heteroatoms. The molecule has 3 N–H and O–H groups in total. The Bertz CT molecular complexity index is 1800. The Morgan fingerprint density at radius 2 is 0.554 bits per heavy atom. The smallest absolute Gasteiger partial charge is 0.462 e. The molecule has 17 nitrogen and oxygen atoms in total. The van der Waals surface area contributed by atoms with Gasteiger partial charge in [0, 0.05) is 25.7 Å². The molecular formula is C73H142O17P2. The highest BCUT2D eigenvalue weighted by Gasteiger charge is 2.30. The second kappa shape index (κ2) is 63.8. The number of ether oxygens (including phenoxy) is 4. The average molecular weight is 1350 g/mol. The topological polar surface area (TPSA) is 237 Å². The molecule has 6 atom stereocenters. The third kappa shape index (κ3) is 65.4. The van der Waals surface area contributed by atoms with Gasteiger partial charge in [-0.3, -0.25) is 37.3 Å². The zero-order chi connectivity index (χ0) is 68.0. The Morgan fingerprint density at radius 1 is 0.315 bits per heavy atom. The van der Waals surface area contributed by atoms with Gasteiger partial charge in [0.1, 0.15) is 19.3 Å². The standard InChI is InChI=1S/C73H142O17P2/c1-8-10-11-12-13-33-40-47-54-70(75)83-60-68(90-73(78)57-50-43-36-29-28-32-39-46-53-66(7)9-2)62-87-91(79,80)85-58-67(74)59-86-92(81,82)88-63-69(89-72(77)56-49-42-35-27-23-19-15-17-21-25-31-38-45-52-65(5)6)61-84-71(76)55-48-41-34-26-22-18-14-16-20-24-30-37-44-51-64(3)4/h64-69,74H,8-63H2,1-7H3,(H,79,80)(H,81,82)/t66?,67-,68+,69+/m0/s1. The van der Waals surface area contributed by atoms with Crippen LogP contribution in [-0.4, -0.2) is 96.7 Å². The van der Waals surface area contributed by atoms with Crippen LogP contribution in [0, 0.1) is 17.8 Å². The lowest BCUT2D eigenvalue weighted by Crippen LogP contribution is -2.30. The molecule has 0 fully saturated rings. The molecule has 0 saturated carbocycles. The van der Waals surface area contributed by atoms with Gasteiger partial charge in [0.25, 0.3) is 0 Å². The number of phosphoric ester groups is 2. The van der Waals surface area contributed by atoms with Crippen LogP contribution < -0.4 is 0 Å². The van der Waals surface area contributed by atoms with E-state index in [4.69, 9.17) is 37.0 Å². The average Bonchev–Trinajstić information content (AvgIpc) is 3.58. The normalized spacial score (nSPS) is 14.4. The van der Waals surface area contributed by atoms with Crippen molar-refractivity contribution in [1.29, 1.82) is 0 Å². The first-order valence-electron chi connectivity index (χ1n) is 37.9. The highest BCUT2D eigenvalue weighted by molar-refractivity contribution is 7.47. The molecule has 0 spiro atoms. The van der Waals surface area contributed by atoms with E-state index in [2.05, 4.69) is 48.5 Å².